The molecule has 0 bridgehead atoms. The van der Waals surface area contributed by atoms with Crippen LogP contribution in [-0.4, -0.2) is 15.1 Å². The molecule has 2 rings (SSSR count). The van der Waals surface area contributed by atoms with Gasteiger partial charge in [0.05, 0.1) is 11.0 Å². The van der Waals surface area contributed by atoms with Gasteiger partial charge >= 0.3 is 0 Å². The van der Waals surface area contributed by atoms with Crippen molar-refractivity contribution < 1.29 is 5.11 Å². The molecule has 0 amide bonds. The van der Waals surface area contributed by atoms with E-state index in [4.69, 9.17) is 11.6 Å². The van der Waals surface area contributed by atoms with Gasteiger partial charge in [0.25, 0.3) is 0 Å². The third-order valence-corrected chi connectivity index (χ3v) is 2.09. The van der Waals surface area contributed by atoms with Crippen LogP contribution in [0.15, 0.2) is 18.2 Å². The summed E-state index contributed by atoms with van der Waals surface area (Å²) in [5.41, 5.74) is 1.67. The molecule has 0 aliphatic carbocycles. The van der Waals surface area contributed by atoms with E-state index in [-0.39, 0.29) is 0 Å². The number of fused-ring (bicyclic) bond motifs is 1. The smallest absolute Gasteiger partial charge is 0.135 e. The highest BCUT2D eigenvalue weighted by Gasteiger charge is 2.06. The van der Waals surface area contributed by atoms with E-state index in [9.17, 15) is 5.11 Å². The van der Waals surface area contributed by atoms with Gasteiger partial charge in [0.1, 0.15) is 11.9 Å². The second-order valence-corrected chi connectivity index (χ2v) is 3.40. The summed E-state index contributed by atoms with van der Waals surface area (Å²) >= 11 is 5.80. The lowest BCUT2D eigenvalue weighted by Crippen LogP contribution is -1.92. The largest absolute Gasteiger partial charge is 0.385 e. The quantitative estimate of drug-likeness (QED) is 0.735. The van der Waals surface area contributed by atoms with Crippen LogP contribution in [0, 0.1) is 0 Å². The first kappa shape index (κ1) is 8.53. The molecule has 68 valence electrons. The first-order valence-electron chi connectivity index (χ1n) is 4.00. The SMILES string of the molecule is CC(O)c1nc2ccc(Cl)cc2[nH]1. The van der Waals surface area contributed by atoms with Gasteiger partial charge in [-0.3, -0.25) is 0 Å². The minimum absolute atomic E-state index is 0.567. The van der Waals surface area contributed by atoms with Crippen molar-refractivity contribution in [1.82, 2.24) is 9.97 Å². The van der Waals surface area contributed by atoms with Gasteiger partial charge in [0, 0.05) is 5.02 Å². The van der Waals surface area contributed by atoms with Crippen LogP contribution >= 0.6 is 11.6 Å². The Morgan fingerprint density at radius 1 is 1.54 bits per heavy atom. The summed E-state index contributed by atoms with van der Waals surface area (Å²) in [5, 5.41) is 9.93. The number of aromatic amines is 1. The Hall–Kier alpha value is -1.06. The van der Waals surface area contributed by atoms with Gasteiger partial charge in [-0.05, 0) is 25.1 Å². The summed E-state index contributed by atoms with van der Waals surface area (Å²) in [6.07, 6.45) is -0.578. The van der Waals surface area contributed by atoms with Gasteiger partial charge in [-0.15, -0.1) is 0 Å². The van der Waals surface area contributed by atoms with Crippen LogP contribution in [0.5, 0.6) is 0 Å². The van der Waals surface area contributed by atoms with E-state index in [1.165, 1.54) is 0 Å². The molecule has 0 spiro atoms. The van der Waals surface area contributed by atoms with Crippen LogP contribution < -0.4 is 0 Å². The average Bonchev–Trinajstić information content (AvgIpc) is 2.46. The number of halogens is 1. The number of rotatable bonds is 1. The highest BCUT2D eigenvalue weighted by molar-refractivity contribution is 6.31. The topological polar surface area (TPSA) is 48.9 Å². The van der Waals surface area contributed by atoms with Crippen molar-refractivity contribution in [2.45, 2.75) is 13.0 Å². The molecule has 1 aromatic heterocycles. The van der Waals surface area contributed by atoms with Crippen LogP contribution in [0.3, 0.4) is 0 Å². The monoisotopic (exact) mass is 196 g/mol. The van der Waals surface area contributed by atoms with Crippen LogP contribution in [0.4, 0.5) is 0 Å². The first-order valence-corrected chi connectivity index (χ1v) is 4.38. The molecule has 13 heavy (non-hydrogen) atoms. The van der Waals surface area contributed by atoms with Crippen molar-refractivity contribution in [2.24, 2.45) is 0 Å². The number of nitrogens with one attached hydrogen (secondary N) is 1. The van der Waals surface area contributed by atoms with Crippen molar-refractivity contribution in [3.63, 3.8) is 0 Å². The van der Waals surface area contributed by atoms with Gasteiger partial charge < -0.3 is 10.1 Å². The van der Waals surface area contributed by atoms with Gasteiger partial charge in [0.2, 0.25) is 0 Å². The molecule has 1 heterocycles. The molecule has 3 nitrogen and oxygen atoms in total. The van der Waals surface area contributed by atoms with Crippen molar-refractivity contribution in [2.75, 3.05) is 0 Å². The molecule has 1 atom stereocenters. The molecule has 0 fully saturated rings. The molecule has 0 aliphatic rings. The lowest BCUT2D eigenvalue weighted by Gasteiger charge is -1.95. The number of benzene rings is 1. The zero-order valence-electron chi connectivity index (χ0n) is 7.08. The van der Waals surface area contributed by atoms with Gasteiger partial charge in [-0.2, -0.15) is 0 Å². The molecular formula is C9H9ClN2O. The van der Waals surface area contributed by atoms with E-state index in [1.807, 2.05) is 6.07 Å². The molecule has 2 N–H and O–H groups in total. The Morgan fingerprint density at radius 3 is 3.00 bits per heavy atom. The number of aliphatic hydroxyl groups excluding tert-OH is 1. The molecule has 0 aliphatic heterocycles. The number of imidazole rings is 1. The minimum atomic E-state index is -0.578. The zero-order chi connectivity index (χ0) is 9.42. The molecule has 0 saturated carbocycles. The van der Waals surface area contributed by atoms with E-state index in [0.717, 1.165) is 11.0 Å². The molecular weight excluding hydrogens is 188 g/mol. The number of aliphatic hydroxyl groups is 1. The number of hydrogen-bond acceptors (Lipinski definition) is 2. The number of H-pyrrole nitrogens is 1. The Labute approximate surface area is 80.4 Å². The highest BCUT2D eigenvalue weighted by Crippen LogP contribution is 2.19. The van der Waals surface area contributed by atoms with Crippen LogP contribution in [-0.2, 0) is 0 Å². The van der Waals surface area contributed by atoms with E-state index < -0.39 is 6.10 Å². The molecule has 1 unspecified atom stereocenters. The number of hydrogen-bond donors (Lipinski definition) is 2. The third-order valence-electron chi connectivity index (χ3n) is 1.86. The van der Waals surface area contributed by atoms with Crippen molar-refractivity contribution in [1.29, 1.82) is 0 Å². The van der Waals surface area contributed by atoms with Gasteiger partial charge in [0.15, 0.2) is 0 Å². The van der Waals surface area contributed by atoms with Gasteiger partial charge in [-0.25, -0.2) is 4.98 Å². The fourth-order valence-electron chi connectivity index (χ4n) is 1.20. The summed E-state index contributed by atoms with van der Waals surface area (Å²) < 4.78 is 0. The van der Waals surface area contributed by atoms with Crippen LogP contribution in [0.2, 0.25) is 5.02 Å². The highest BCUT2D eigenvalue weighted by atomic mass is 35.5. The maximum Gasteiger partial charge on any atom is 0.135 e. The number of nitrogens with zero attached hydrogens (tertiary/aromatic N) is 1. The number of aromatic nitrogens is 2. The Bertz CT molecular complexity index is 436. The maximum absolute atomic E-state index is 9.27. The second-order valence-electron chi connectivity index (χ2n) is 2.96. The predicted molar refractivity (Wildman–Crippen MR) is 51.7 cm³/mol. The lowest BCUT2D eigenvalue weighted by molar-refractivity contribution is 0.190. The summed E-state index contributed by atoms with van der Waals surface area (Å²) in [6.45, 7) is 1.67. The average molecular weight is 197 g/mol. The Morgan fingerprint density at radius 2 is 2.31 bits per heavy atom. The minimum Gasteiger partial charge on any atom is -0.385 e. The Balaban J connectivity index is 2.62. The van der Waals surface area contributed by atoms with Crippen molar-refractivity contribution >= 4 is 22.6 Å². The third kappa shape index (κ3) is 1.53. The summed E-state index contributed by atoms with van der Waals surface area (Å²) in [4.78, 5) is 7.18. The van der Waals surface area contributed by atoms with Crippen molar-refractivity contribution in [3.05, 3.63) is 29.0 Å². The molecule has 2 aromatic rings. The maximum atomic E-state index is 9.27. The molecule has 1 aromatic carbocycles. The normalized spacial score (nSPS) is 13.5. The predicted octanol–water partition coefficient (Wildman–Crippen LogP) is 2.27. The summed E-state index contributed by atoms with van der Waals surface area (Å²) in [5.74, 6) is 0.567. The fraction of sp³-hybridized carbons (Fsp3) is 0.222. The summed E-state index contributed by atoms with van der Waals surface area (Å²) in [6, 6.07) is 5.38. The van der Waals surface area contributed by atoms with Crippen LogP contribution in [0.25, 0.3) is 11.0 Å². The summed E-state index contributed by atoms with van der Waals surface area (Å²) in [7, 11) is 0. The van der Waals surface area contributed by atoms with E-state index in [1.54, 1.807) is 19.1 Å². The van der Waals surface area contributed by atoms with Crippen LogP contribution in [0.1, 0.15) is 18.9 Å². The first-order chi connectivity index (χ1) is 6.16. The molecule has 0 saturated heterocycles. The fourth-order valence-corrected chi connectivity index (χ4v) is 1.37. The van der Waals surface area contributed by atoms with Crippen molar-refractivity contribution in [3.8, 4) is 0 Å². The second kappa shape index (κ2) is 3.01. The van der Waals surface area contributed by atoms with E-state index in [0.29, 0.717) is 10.8 Å². The molecule has 0 radical (unpaired) electrons. The Kier molecular flexibility index (Phi) is 1.98. The standard InChI is InChI=1S/C9H9ClN2O/c1-5(13)9-11-7-3-2-6(10)4-8(7)12-9/h2-5,13H,1H3,(H,11,12). The van der Waals surface area contributed by atoms with E-state index >= 15 is 0 Å². The lowest BCUT2D eigenvalue weighted by atomic mass is 10.3. The molecule has 4 heteroatoms. The van der Waals surface area contributed by atoms with Gasteiger partial charge in [-0.1, -0.05) is 11.6 Å². The zero-order valence-corrected chi connectivity index (χ0v) is 7.84. The van der Waals surface area contributed by atoms with E-state index in [2.05, 4.69) is 9.97 Å².